The molecule has 20 heavy (non-hydrogen) atoms. The van der Waals surface area contributed by atoms with Crippen LogP contribution in [0.25, 0.3) is 10.9 Å². The van der Waals surface area contributed by atoms with E-state index in [0.717, 1.165) is 30.6 Å². The molecule has 1 aliphatic carbocycles. The van der Waals surface area contributed by atoms with Crippen molar-refractivity contribution in [2.75, 3.05) is 7.05 Å². The second kappa shape index (κ2) is 5.90. The molecule has 1 aliphatic rings. The lowest BCUT2D eigenvalue weighted by Crippen LogP contribution is -2.38. The van der Waals surface area contributed by atoms with Crippen molar-refractivity contribution in [1.82, 2.24) is 9.88 Å². The summed E-state index contributed by atoms with van der Waals surface area (Å²) in [4.78, 5) is 7.19. The van der Waals surface area contributed by atoms with E-state index in [1.807, 2.05) is 6.07 Å². The zero-order chi connectivity index (χ0) is 13.9. The minimum Gasteiger partial charge on any atom is -0.328 e. The van der Waals surface area contributed by atoms with Gasteiger partial charge in [-0.3, -0.25) is 9.88 Å². The van der Waals surface area contributed by atoms with Gasteiger partial charge in [0.25, 0.3) is 0 Å². The van der Waals surface area contributed by atoms with Crippen molar-refractivity contribution >= 4 is 10.9 Å². The van der Waals surface area contributed by atoms with E-state index in [1.165, 1.54) is 18.2 Å². The predicted molar refractivity (Wildman–Crippen MR) is 83.4 cm³/mol. The molecule has 0 radical (unpaired) electrons. The number of fused-ring (bicyclic) bond motifs is 1. The first-order valence-corrected chi connectivity index (χ1v) is 7.53. The van der Waals surface area contributed by atoms with Crippen molar-refractivity contribution in [3.8, 4) is 0 Å². The van der Waals surface area contributed by atoms with E-state index in [4.69, 9.17) is 10.7 Å². The molecule has 1 aromatic carbocycles. The Morgan fingerprint density at radius 1 is 1.10 bits per heavy atom. The lowest BCUT2D eigenvalue weighted by molar-refractivity contribution is 0.175. The molecule has 1 aromatic heterocycles. The summed E-state index contributed by atoms with van der Waals surface area (Å²) in [6.07, 6.45) is 4.73. The Kier molecular flexibility index (Phi) is 3.99. The van der Waals surface area contributed by atoms with Gasteiger partial charge in [-0.25, -0.2) is 0 Å². The molecule has 0 saturated heterocycles. The van der Waals surface area contributed by atoms with Crippen molar-refractivity contribution < 1.29 is 0 Å². The minimum atomic E-state index is 0.415. The van der Waals surface area contributed by atoms with Crippen molar-refractivity contribution in [3.05, 3.63) is 42.1 Å². The zero-order valence-corrected chi connectivity index (χ0v) is 12.1. The number of nitrogens with two attached hydrogens (primary N) is 1. The third-order valence-electron chi connectivity index (χ3n) is 4.43. The van der Waals surface area contributed by atoms with Gasteiger partial charge < -0.3 is 5.73 Å². The van der Waals surface area contributed by atoms with E-state index in [9.17, 15) is 0 Å². The highest BCUT2D eigenvalue weighted by atomic mass is 15.1. The number of hydrogen-bond donors (Lipinski definition) is 1. The lowest BCUT2D eigenvalue weighted by Gasteiger charge is -2.33. The summed E-state index contributed by atoms with van der Waals surface area (Å²) in [5, 5.41) is 1.21. The number of benzene rings is 1. The highest BCUT2D eigenvalue weighted by molar-refractivity contribution is 5.78. The van der Waals surface area contributed by atoms with Crippen LogP contribution < -0.4 is 5.73 Å². The molecular formula is C17H23N3. The van der Waals surface area contributed by atoms with Gasteiger partial charge in [-0.1, -0.05) is 24.3 Å². The molecule has 106 valence electrons. The number of hydrogen-bond acceptors (Lipinski definition) is 3. The maximum absolute atomic E-state index is 5.98. The topological polar surface area (TPSA) is 42.2 Å². The molecule has 0 aliphatic heterocycles. The number of pyridine rings is 1. The molecule has 2 aromatic rings. The van der Waals surface area contributed by atoms with Crippen molar-refractivity contribution in [3.63, 3.8) is 0 Å². The molecular weight excluding hydrogens is 246 g/mol. The van der Waals surface area contributed by atoms with Crippen molar-refractivity contribution in [2.45, 2.75) is 44.3 Å². The van der Waals surface area contributed by atoms with Crippen LogP contribution in [-0.2, 0) is 6.54 Å². The smallest absolute Gasteiger partial charge is 0.0705 e. The van der Waals surface area contributed by atoms with E-state index in [0.29, 0.717) is 12.1 Å². The first-order chi connectivity index (χ1) is 9.72. The van der Waals surface area contributed by atoms with E-state index < -0.39 is 0 Å². The van der Waals surface area contributed by atoms with E-state index >= 15 is 0 Å². The molecule has 1 saturated carbocycles. The van der Waals surface area contributed by atoms with Crippen LogP contribution >= 0.6 is 0 Å². The van der Waals surface area contributed by atoms with Gasteiger partial charge in [-0.15, -0.1) is 0 Å². The fourth-order valence-electron chi connectivity index (χ4n) is 3.12. The van der Waals surface area contributed by atoms with Crippen LogP contribution in [0.2, 0.25) is 0 Å². The van der Waals surface area contributed by atoms with Crippen LogP contribution in [-0.4, -0.2) is 29.0 Å². The van der Waals surface area contributed by atoms with Crippen LogP contribution in [0.5, 0.6) is 0 Å². The molecule has 0 unspecified atom stereocenters. The molecule has 0 bridgehead atoms. The van der Waals surface area contributed by atoms with Crippen molar-refractivity contribution in [2.24, 2.45) is 5.73 Å². The first kappa shape index (κ1) is 13.5. The second-order valence-electron chi connectivity index (χ2n) is 5.98. The van der Waals surface area contributed by atoms with E-state index in [2.05, 4.69) is 42.3 Å². The van der Waals surface area contributed by atoms with Crippen molar-refractivity contribution in [1.29, 1.82) is 0 Å². The van der Waals surface area contributed by atoms with Crippen LogP contribution in [0.3, 0.4) is 0 Å². The average molecular weight is 269 g/mol. The van der Waals surface area contributed by atoms with Crippen LogP contribution in [0, 0.1) is 0 Å². The summed E-state index contributed by atoms with van der Waals surface area (Å²) >= 11 is 0. The summed E-state index contributed by atoms with van der Waals surface area (Å²) in [5.41, 5.74) is 8.22. The minimum absolute atomic E-state index is 0.415. The van der Waals surface area contributed by atoms with Crippen LogP contribution in [0.15, 0.2) is 36.4 Å². The van der Waals surface area contributed by atoms with E-state index in [-0.39, 0.29) is 0 Å². The van der Waals surface area contributed by atoms with Crippen LogP contribution in [0.1, 0.15) is 31.4 Å². The molecule has 3 heteroatoms. The van der Waals surface area contributed by atoms with Gasteiger partial charge in [0.1, 0.15) is 0 Å². The number of para-hydroxylation sites is 1. The first-order valence-electron chi connectivity index (χ1n) is 7.53. The number of nitrogens with zero attached hydrogens (tertiary/aromatic N) is 2. The Balaban J connectivity index is 1.69. The van der Waals surface area contributed by atoms with Crippen LogP contribution in [0.4, 0.5) is 0 Å². The highest BCUT2D eigenvalue weighted by Gasteiger charge is 2.22. The van der Waals surface area contributed by atoms with Gasteiger partial charge in [-0.2, -0.15) is 0 Å². The normalized spacial score (nSPS) is 23.4. The maximum Gasteiger partial charge on any atom is 0.0705 e. The number of rotatable bonds is 3. The average Bonchev–Trinajstić information content (AvgIpc) is 2.48. The molecule has 1 fully saturated rings. The quantitative estimate of drug-likeness (QED) is 0.931. The predicted octanol–water partition coefficient (Wildman–Crippen LogP) is 2.94. The second-order valence-corrected chi connectivity index (χ2v) is 5.98. The largest absolute Gasteiger partial charge is 0.328 e. The molecule has 1 heterocycles. The SMILES string of the molecule is CN(Cc1ccc2ccccc2n1)C1CCC(N)CC1. The van der Waals surface area contributed by atoms with Gasteiger partial charge in [0.2, 0.25) is 0 Å². The molecule has 3 nitrogen and oxygen atoms in total. The summed E-state index contributed by atoms with van der Waals surface area (Å²) in [6, 6.07) is 13.7. The molecule has 2 N–H and O–H groups in total. The lowest BCUT2D eigenvalue weighted by atomic mass is 9.91. The molecule has 0 spiro atoms. The van der Waals surface area contributed by atoms with E-state index in [1.54, 1.807) is 0 Å². The third kappa shape index (κ3) is 3.00. The molecule has 3 rings (SSSR count). The summed E-state index contributed by atoms with van der Waals surface area (Å²) in [6.45, 7) is 0.921. The summed E-state index contributed by atoms with van der Waals surface area (Å²) in [7, 11) is 2.21. The molecule has 0 atom stereocenters. The van der Waals surface area contributed by atoms with Gasteiger partial charge in [0.15, 0.2) is 0 Å². The monoisotopic (exact) mass is 269 g/mol. The third-order valence-corrected chi connectivity index (χ3v) is 4.43. The Morgan fingerprint density at radius 2 is 1.85 bits per heavy atom. The molecule has 0 amide bonds. The Hall–Kier alpha value is -1.45. The Bertz CT molecular complexity index is 573. The zero-order valence-electron chi connectivity index (χ0n) is 12.1. The van der Waals surface area contributed by atoms with Gasteiger partial charge in [0, 0.05) is 24.0 Å². The number of aromatic nitrogens is 1. The summed E-state index contributed by atoms with van der Waals surface area (Å²) in [5.74, 6) is 0. The van der Waals surface area contributed by atoms with Gasteiger partial charge >= 0.3 is 0 Å². The van der Waals surface area contributed by atoms with Gasteiger partial charge in [-0.05, 0) is 44.9 Å². The fraction of sp³-hybridized carbons (Fsp3) is 0.471. The standard InChI is InChI=1S/C17H23N3/c1-20(16-10-7-14(18)8-11-16)12-15-9-6-13-4-2-3-5-17(13)19-15/h2-6,9,14,16H,7-8,10-12,18H2,1H3. The Morgan fingerprint density at radius 3 is 2.65 bits per heavy atom. The fourth-order valence-corrected chi connectivity index (χ4v) is 3.12. The van der Waals surface area contributed by atoms with Gasteiger partial charge in [0.05, 0.1) is 11.2 Å². The highest BCUT2D eigenvalue weighted by Crippen LogP contribution is 2.22. The maximum atomic E-state index is 5.98. The Labute approximate surface area is 120 Å². The summed E-state index contributed by atoms with van der Waals surface area (Å²) < 4.78 is 0.